The first kappa shape index (κ1) is 11.4. The maximum Gasteiger partial charge on any atom is 0.0704 e. The molecule has 3 nitrogen and oxygen atoms in total. The van der Waals surface area contributed by atoms with Gasteiger partial charge in [0, 0.05) is 25.3 Å². The molecule has 0 saturated carbocycles. The molecule has 0 aliphatic carbocycles. The van der Waals surface area contributed by atoms with E-state index in [1.807, 2.05) is 18.2 Å². The number of nitrogens with two attached hydrogens (primary N) is 1. The molecule has 0 radical (unpaired) electrons. The van der Waals surface area contributed by atoms with E-state index < -0.39 is 0 Å². The number of likely N-dealkylation sites (tertiary alicyclic amines) is 1. The number of β-amino-alcohol motifs (C(OH)–C–C–N with tert-alkyl or cyclic N) is 1. The smallest absolute Gasteiger partial charge is 0.0704 e. The van der Waals surface area contributed by atoms with Gasteiger partial charge in [-0.2, -0.15) is 0 Å². The highest BCUT2D eigenvalue weighted by atomic mass is 16.3. The molecule has 1 saturated heterocycles. The molecule has 2 rings (SSSR count). The molecule has 1 fully saturated rings. The van der Waals surface area contributed by atoms with E-state index in [9.17, 15) is 5.11 Å². The van der Waals surface area contributed by atoms with Gasteiger partial charge in [0.1, 0.15) is 0 Å². The summed E-state index contributed by atoms with van der Waals surface area (Å²) in [5, 5.41) is 9.65. The zero-order valence-electron chi connectivity index (χ0n) is 9.76. The standard InChI is InChI=1S/C13H20N2O/c1-10-8-15(9-13(10)16)7-6-11-4-2-3-5-12(11)14/h2-5,10,13,16H,6-9,14H2,1H3/t10-,13-/m1/s1. The minimum atomic E-state index is -0.159. The van der Waals surface area contributed by atoms with Crippen LogP contribution in [0.25, 0.3) is 0 Å². The van der Waals surface area contributed by atoms with Crippen LogP contribution < -0.4 is 5.73 Å². The van der Waals surface area contributed by atoms with Crippen LogP contribution in [0.3, 0.4) is 0 Å². The fourth-order valence-electron chi connectivity index (χ4n) is 2.27. The minimum absolute atomic E-state index is 0.159. The van der Waals surface area contributed by atoms with E-state index >= 15 is 0 Å². The second-order valence-electron chi connectivity index (χ2n) is 4.75. The van der Waals surface area contributed by atoms with E-state index in [1.165, 1.54) is 5.56 Å². The predicted molar refractivity (Wildman–Crippen MR) is 66.2 cm³/mol. The first-order chi connectivity index (χ1) is 7.66. The topological polar surface area (TPSA) is 49.5 Å². The Morgan fingerprint density at radius 1 is 1.38 bits per heavy atom. The number of hydrogen-bond donors (Lipinski definition) is 2. The predicted octanol–water partition coefficient (Wildman–Crippen LogP) is 1.12. The number of rotatable bonds is 3. The van der Waals surface area contributed by atoms with Crippen molar-refractivity contribution >= 4 is 5.69 Å². The van der Waals surface area contributed by atoms with Crippen LogP contribution in [0.5, 0.6) is 0 Å². The Labute approximate surface area is 96.9 Å². The molecule has 2 atom stereocenters. The highest BCUT2D eigenvalue weighted by Gasteiger charge is 2.27. The fourth-order valence-corrected chi connectivity index (χ4v) is 2.27. The van der Waals surface area contributed by atoms with Crippen molar-refractivity contribution in [3.63, 3.8) is 0 Å². The van der Waals surface area contributed by atoms with Crippen molar-refractivity contribution < 1.29 is 5.11 Å². The molecule has 3 N–H and O–H groups in total. The van der Waals surface area contributed by atoms with Gasteiger partial charge in [0.25, 0.3) is 0 Å². The molecule has 1 aromatic carbocycles. The van der Waals surface area contributed by atoms with E-state index in [1.54, 1.807) is 0 Å². The monoisotopic (exact) mass is 220 g/mol. The lowest BCUT2D eigenvalue weighted by molar-refractivity contribution is 0.148. The van der Waals surface area contributed by atoms with Crippen molar-refractivity contribution in [1.29, 1.82) is 0 Å². The summed E-state index contributed by atoms with van der Waals surface area (Å²) in [6.45, 7) is 4.87. The molecule has 0 aromatic heterocycles. The average molecular weight is 220 g/mol. The van der Waals surface area contributed by atoms with Crippen LogP contribution in [0, 0.1) is 5.92 Å². The van der Waals surface area contributed by atoms with Gasteiger partial charge in [-0.25, -0.2) is 0 Å². The van der Waals surface area contributed by atoms with E-state index in [-0.39, 0.29) is 6.10 Å². The molecule has 1 aliphatic heterocycles. The molecule has 16 heavy (non-hydrogen) atoms. The Morgan fingerprint density at radius 2 is 2.12 bits per heavy atom. The van der Waals surface area contributed by atoms with E-state index in [4.69, 9.17) is 5.73 Å². The second kappa shape index (κ2) is 4.85. The van der Waals surface area contributed by atoms with E-state index in [0.29, 0.717) is 5.92 Å². The normalized spacial score (nSPS) is 26.1. The first-order valence-electron chi connectivity index (χ1n) is 5.90. The summed E-state index contributed by atoms with van der Waals surface area (Å²) in [4.78, 5) is 2.31. The van der Waals surface area contributed by atoms with Crippen LogP contribution in [0.1, 0.15) is 12.5 Å². The third-order valence-electron chi connectivity index (χ3n) is 3.40. The third kappa shape index (κ3) is 2.54. The molecule has 1 aliphatic rings. The summed E-state index contributed by atoms with van der Waals surface area (Å²) < 4.78 is 0. The Kier molecular flexibility index (Phi) is 3.46. The molecular weight excluding hydrogens is 200 g/mol. The number of aliphatic hydroxyl groups excluding tert-OH is 1. The highest BCUT2D eigenvalue weighted by molar-refractivity contribution is 5.46. The lowest BCUT2D eigenvalue weighted by Gasteiger charge is -2.15. The quantitative estimate of drug-likeness (QED) is 0.751. The summed E-state index contributed by atoms with van der Waals surface area (Å²) in [6, 6.07) is 8.00. The van der Waals surface area contributed by atoms with Gasteiger partial charge in [0.15, 0.2) is 0 Å². The van der Waals surface area contributed by atoms with Crippen LogP contribution in [0.2, 0.25) is 0 Å². The van der Waals surface area contributed by atoms with Crippen molar-refractivity contribution in [2.45, 2.75) is 19.4 Å². The van der Waals surface area contributed by atoms with E-state index in [2.05, 4.69) is 17.9 Å². The summed E-state index contributed by atoms with van der Waals surface area (Å²) in [7, 11) is 0. The fraction of sp³-hybridized carbons (Fsp3) is 0.538. The summed E-state index contributed by atoms with van der Waals surface area (Å²) >= 11 is 0. The number of nitrogens with zero attached hydrogens (tertiary/aromatic N) is 1. The maximum absolute atomic E-state index is 9.65. The minimum Gasteiger partial charge on any atom is -0.399 e. The molecule has 3 heteroatoms. The van der Waals surface area contributed by atoms with Crippen LogP contribution in [-0.2, 0) is 6.42 Å². The van der Waals surface area contributed by atoms with Crippen LogP contribution in [0.15, 0.2) is 24.3 Å². The Morgan fingerprint density at radius 3 is 2.75 bits per heavy atom. The van der Waals surface area contributed by atoms with Crippen LogP contribution in [-0.4, -0.2) is 35.7 Å². The molecule has 0 bridgehead atoms. The van der Waals surface area contributed by atoms with Crippen molar-refractivity contribution in [2.75, 3.05) is 25.4 Å². The molecular formula is C13H20N2O. The van der Waals surface area contributed by atoms with Crippen molar-refractivity contribution in [3.05, 3.63) is 29.8 Å². The van der Waals surface area contributed by atoms with Gasteiger partial charge in [0.2, 0.25) is 0 Å². The van der Waals surface area contributed by atoms with Gasteiger partial charge in [-0.3, -0.25) is 0 Å². The number of hydrogen-bond acceptors (Lipinski definition) is 3. The zero-order chi connectivity index (χ0) is 11.5. The Balaban J connectivity index is 1.87. The largest absolute Gasteiger partial charge is 0.399 e. The number of para-hydroxylation sites is 1. The van der Waals surface area contributed by atoms with Gasteiger partial charge in [0.05, 0.1) is 6.10 Å². The Bertz CT molecular complexity index is 344. The van der Waals surface area contributed by atoms with Gasteiger partial charge in [-0.05, 0) is 24.0 Å². The molecule has 1 aromatic rings. The lowest BCUT2D eigenvalue weighted by atomic mass is 10.1. The number of aliphatic hydroxyl groups is 1. The zero-order valence-corrected chi connectivity index (χ0v) is 9.76. The highest BCUT2D eigenvalue weighted by Crippen LogP contribution is 2.17. The van der Waals surface area contributed by atoms with Crippen molar-refractivity contribution in [1.82, 2.24) is 4.90 Å². The van der Waals surface area contributed by atoms with Gasteiger partial charge >= 0.3 is 0 Å². The third-order valence-corrected chi connectivity index (χ3v) is 3.40. The van der Waals surface area contributed by atoms with Crippen molar-refractivity contribution in [2.24, 2.45) is 5.92 Å². The van der Waals surface area contributed by atoms with Gasteiger partial charge < -0.3 is 15.7 Å². The summed E-state index contributed by atoms with van der Waals surface area (Å²) in [5.74, 6) is 0.396. The van der Waals surface area contributed by atoms with Gasteiger partial charge in [-0.1, -0.05) is 25.1 Å². The summed E-state index contributed by atoms with van der Waals surface area (Å²) in [5.41, 5.74) is 7.97. The van der Waals surface area contributed by atoms with Gasteiger partial charge in [-0.15, -0.1) is 0 Å². The average Bonchev–Trinajstić information content (AvgIpc) is 2.57. The van der Waals surface area contributed by atoms with Crippen LogP contribution in [0.4, 0.5) is 5.69 Å². The lowest BCUT2D eigenvalue weighted by Crippen LogP contribution is -2.24. The second-order valence-corrected chi connectivity index (χ2v) is 4.75. The van der Waals surface area contributed by atoms with E-state index in [0.717, 1.165) is 31.7 Å². The molecule has 1 heterocycles. The number of anilines is 1. The molecule has 88 valence electrons. The first-order valence-corrected chi connectivity index (χ1v) is 5.90. The summed E-state index contributed by atoms with van der Waals surface area (Å²) in [6.07, 6.45) is 0.805. The molecule has 0 spiro atoms. The van der Waals surface area contributed by atoms with Crippen LogP contribution >= 0.6 is 0 Å². The molecule has 0 amide bonds. The Hall–Kier alpha value is -1.06. The number of benzene rings is 1. The number of nitrogen functional groups attached to an aromatic ring is 1. The SMILES string of the molecule is C[C@@H]1CN(CCc2ccccc2N)C[C@H]1O. The maximum atomic E-state index is 9.65. The van der Waals surface area contributed by atoms with Crippen molar-refractivity contribution in [3.8, 4) is 0 Å². The molecule has 0 unspecified atom stereocenters.